The van der Waals surface area contributed by atoms with Gasteiger partial charge in [-0.15, -0.1) is 10.2 Å². The van der Waals surface area contributed by atoms with Gasteiger partial charge in [0.2, 0.25) is 5.91 Å². The maximum Gasteiger partial charge on any atom is 0.233 e. The fourth-order valence-corrected chi connectivity index (χ4v) is 3.66. The van der Waals surface area contributed by atoms with Crippen LogP contribution in [0.25, 0.3) is 5.69 Å². The fourth-order valence-electron chi connectivity index (χ4n) is 2.64. The molecule has 2 heterocycles. The van der Waals surface area contributed by atoms with Gasteiger partial charge in [0.1, 0.15) is 6.33 Å². The zero-order valence-electron chi connectivity index (χ0n) is 13.6. The zero-order chi connectivity index (χ0) is 16.9. The van der Waals surface area contributed by atoms with Gasteiger partial charge < -0.3 is 9.80 Å². The molecule has 1 aromatic heterocycles. The summed E-state index contributed by atoms with van der Waals surface area (Å²) in [5.74, 6) is 0.513. The molecule has 1 aliphatic rings. The van der Waals surface area contributed by atoms with Crippen molar-refractivity contribution in [2.75, 3.05) is 39.0 Å². The minimum absolute atomic E-state index is 0.149. The molecule has 1 saturated heterocycles. The van der Waals surface area contributed by atoms with E-state index in [1.165, 1.54) is 11.8 Å². The normalized spacial score (nSPS) is 16.2. The minimum Gasteiger partial charge on any atom is -0.341 e. The number of hydrogen-bond donors (Lipinski definition) is 0. The van der Waals surface area contributed by atoms with Crippen molar-refractivity contribution < 1.29 is 4.79 Å². The van der Waals surface area contributed by atoms with Gasteiger partial charge in [-0.05, 0) is 38.2 Å². The van der Waals surface area contributed by atoms with Gasteiger partial charge in [-0.3, -0.25) is 9.36 Å². The van der Waals surface area contributed by atoms with Gasteiger partial charge in [0, 0.05) is 24.7 Å². The van der Waals surface area contributed by atoms with Crippen LogP contribution in [0.4, 0.5) is 0 Å². The van der Waals surface area contributed by atoms with Crippen LogP contribution < -0.4 is 0 Å². The largest absolute Gasteiger partial charge is 0.341 e. The van der Waals surface area contributed by atoms with Gasteiger partial charge in [-0.25, -0.2) is 0 Å². The predicted octanol–water partition coefficient (Wildman–Crippen LogP) is 2.18. The molecule has 0 bridgehead atoms. The molecule has 128 valence electrons. The second-order valence-electron chi connectivity index (χ2n) is 5.79. The number of carbonyl (C=O) groups excluding carboxylic acids is 1. The van der Waals surface area contributed by atoms with Crippen molar-refractivity contribution >= 4 is 29.3 Å². The highest BCUT2D eigenvalue weighted by molar-refractivity contribution is 7.99. The van der Waals surface area contributed by atoms with Gasteiger partial charge in [0.25, 0.3) is 0 Å². The molecule has 0 N–H and O–H groups in total. The van der Waals surface area contributed by atoms with Crippen molar-refractivity contribution in [3.05, 3.63) is 35.6 Å². The Balaban J connectivity index is 1.63. The average molecular weight is 366 g/mol. The monoisotopic (exact) mass is 365 g/mol. The summed E-state index contributed by atoms with van der Waals surface area (Å²) >= 11 is 7.45. The molecule has 1 aliphatic heterocycles. The van der Waals surface area contributed by atoms with Crippen LogP contribution in [0.15, 0.2) is 35.7 Å². The molecular formula is C16H20ClN5OS. The average Bonchev–Trinajstić information content (AvgIpc) is 2.93. The molecule has 8 heteroatoms. The second kappa shape index (κ2) is 8.00. The summed E-state index contributed by atoms with van der Waals surface area (Å²) in [5.41, 5.74) is 0.888. The second-order valence-corrected chi connectivity index (χ2v) is 7.17. The number of aromatic nitrogens is 3. The number of benzene rings is 1. The lowest BCUT2D eigenvalue weighted by molar-refractivity contribution is -0.128. The third-order valence-electron chi connectivity index (χ3n) is 4.00. The summed E-state index contributed by atoms with van der Waals surface area (Å²) in [7, 11) is 2.09. The first-order valence-corrected chi connectivity index (χ1v) is 9.25. The van der Waals surface area contributed by atoms with Crippen LogP contribution in [-0.2, 0) is 4.79 Å². The van der Waals surface area contributed by atoms with Crippen LogP contribution in [0.3, 0.4) is 0 Å². The van der Waals surface area contributed by atoms with Crippen molar-refractivity contribution in [1.29, 1.82) is 0 Å². The molecule has 1 fully saturated rings. The molecule has 2 aromatic rings. The molecule has 0 saturated carbocycles. The lowest BCUT2D eigenvalue weighted by Crippen LogP contribution is -2.35. The Hall–Kier alpha value is -1.57. The third-order valence-corrected chi connectivity index (χ3v) is 5.16. The first-order valence-electron chi connectivity index (χ1n) is 7.88. The van der Waals surface area contributed by atoms with E-state index in [1.54, 1.807) is 6.33 Å². The van der Waals surface area contributed by atoms with E-state index in [-0.39, 0.29) is 5.91 Å². The Morgan fingerprint density at radius 3 is 3.00 bits per heavy atom. The summed E-state index contributed by atoms with van der Waals surface area (Å²) in [5, 5.41) is 9.43. The SMILES string of the molecule is CN1CCCN(C(=O)CSc2nncn2-c2cccc(Cl)c2)CC1. The number of nitrogens with zero attached hydrogens (tertiary/aromatic N) is 5. The Morgan fingerprint density at radius 2 is 2.17 bits per heavy atom. The molecule has 24 heavy (non-hydrogen) atoms. The Morgan fingerprint density at radius 1 is 1.29 bits per heavy atom. The van der Waals surface area contributed by atoms with Crippen molar-refractivity contribution in [2.45, 2.75) is 11.6 Å². The van der Waals surface area contributed by atoms with Gasteiger partial charge >= 0.3 is 0 Å². The van der Waals surface area contributed by atoms with Gasteiger partial charge in [-0.1, -0.05) is 29.4 Å². The van der Waals surface area contributed by atoms with E-state index in [4.69, 9.17) is 11.6 Å². The molecule has 1 amide bonds. The summed E-state index contributed by atoms with van der Waals surface area (Å²) in [6, 6.07) is 7.49. The molecule has 3 rings (SSSR count). The molecule has 6 nitrogen and oxygen atoms in total. The summed E-state index contributed by atoms with van der Waals surface area (Å²) in [6.07, 6.45) is 2.66. The maximum absolute atomic E-state index is 12.5. The summed E-state index contributed by atoms with van der Waals surface area (Å²) < 4.78 is 1.85. The molecule has 0 radical (unpaired) electrons. The van der Waals surface area contributed by atoms with E-state index in [0.717, 1.165) is 38.3 Å². The number of hydrogen-bond acceptors (Lipinski definition) is 5. The van der Waals surface area contributed by atoms with E-state index < -0.39 is 0 Å². The van der Waals surface area contributed by atoms with Crippen LogP contribution >= 0.6 is 23.4 Å². The molecular weight excluding hydrogens is 346 g/mol. The third kappa shape index (κ3) is 4.28. The zero-order valence-corrected chi connectivity index (χ0v) is 15.1. The number of likely N-dealkylation sites (N-methyl/N-ethyl adjacent to an activating group) is 1. The maximum atomic E-state index is 12.5. The quantitative estimate of drug-likeness (QED) is 0.777. The van der Waals surface area contributed by atoms with Crippen LogP contribution in [0.2, 0.25) is 5.02 Å². The van der Waals surface area contributed by atoms with Crippen LogP contribution in [0, 0.1) is 0 Å². The van der Waals surface area contributed by atoms with E-state index in [0.29, 0.717) is 15.9 Å². The van der Waals surface area contributed by atoms with Gasteiger partial charge in [0.15, 0.2) is 5.16 Å². The van der Waals surface area contributed by atoms with E-state index in [1.807, 2.05) is 33.7 Å². The molecule has 0 unspecified atom stereocenters. The van der Waals surface area contributed by atoms with Crippen molar-refractivity contribution in [1.82, 2.24) is 24.6 Å². The van der Waals surface area contributed by atoms with Crippen molar-refractivity contribution in [3.63, 3.8) is 0 Å². The van der Waals surface area contributed by atoms with Gasteiger partial charge in [0.05, 0.1) is 11.4 Å². The standard InChI is InChI=1S/C16H20ClN5OS/c1-20-6-3-7-21(9-8-20)15(23)11-24-16-19-18-12-22(16)14-5-2-4-13(17)10-14/h2,4-5,10,12H,3,6-9,11H2,1H3. The highest BCUT2D eigenvalue weighted by Gasteiger charge is 2.18. The Labute approximate surface area is 150 Å². The minimum atomic E-state index is 0.149. The van der Waals surface area contributed by atoms with E-state index in [2.05, 4.69) is 22.1 Å². The lowest BCUT2D eigenvalue weighted by atomic mass is 10.3. The highest BCUT2D eigenvalue weighted by atomic mass is 35.5. The lowest BCUT2D eigenvalue weighted by Gasteiger charge is -2.20. The predicted molar refractivity (Wildman–Crippen MR) is 95.8 cm³/mol. The highest BCUT2D eigenvalue weighted by Crippen LogP contribution is 2.22. The number of thioether (sulfide) groups is 1. The number of halogens is 1. The summed E-state index contributed by atoms with van der Waals surface area (Å²) in [6.45, 7) is 3.58. The number of carbonyl (C=O) groups is 1. The Bertz CT molecular complexity index is 707. The van der Waals surface area contributed by atoms with Crippen molar-refractivity contribution in [3.8, 4) is 5.69 Å². The number of rotatable bonds is 4. The Kier molecular flexibility index (Phi) is 5.76. The van der Waals surface area contributed by atoms with Crippen LogP contribution in [0.5, 0.6) is 0 Å². The number of amides is 1. The van der Waals surface area contributed by atoms with Crippen LogP contribution in [-0.4, -0.2) is 69.5 Å². The topological polar surface area (TPSA) is 54.3 Å². The van der Waals surface area contributed by atoms with E-state index >= 15 is 0 Å². The molecule has 1 aromatic carbocycles. The first-order chi connectivity index (χ1) is 11.6. The molecule has 0 atom stereocenters. The molecule has 0 aliphatic carbocycles. The first kappa shape index (κ1) is 17.3. The molecule has 0 spiro atoms. The van der Waals surface area contributed by atoms with Crippen molar-refractivity contribution in [2.24, 2.45) is 0 Å². The van der Waals surface area contributed by atoms with E-state index in [9.17, 15) is 4.79 Å². The fraction of sp³-hybridized carbons (Fsp3) is 0.438. The smallest absolute Gasteiger partial charge is 0.233 e. The van der Waals surface area contributed by atoms with Gasteiger partial charge in [-0.2, -0.15) is 0 Å². The summed E-state index contributed by atoms with van der Waals surface area (Å²) in [4.78, 5) is 16.7. The van der Waals surface area contributed by atoms with Crippen LogP contribution in [0.1, 0.15) is 6.42 Å².